The van der Waals surface area contributed by atoms with Crippen molar-refractivity contribution < 1.29 is 0 Å². The van der Waals surface area contributed by atoms with E-state index in [-0.39, 0.29) is 6.04 Å². The molecule has 2 heterocycles. The number of rotatable bonds is 4. The Kier molecular flexibility index (Phi) is 4.01. The number of nitrogens with one attached hydrogen (secondary N) is 1. The van der Waals surface area contributed by atoms with Gasteiger partial charge >= 0.3 is 0 Å². The Hall–Kier alpha value is -0.650. The van der Waals surface area contributed by atoms with E-state index < -0.39 is 0 Å². The topological polar surface area (TPSA) is 29.9 Å². The van der Waals surface area contributed by atoms with Crippen LogP contribution in [0.25, 0.3) is 0 Å². The van der Waals surface area contributed by atoms with Crippen LogP contribution in [0.5, 0.6) is 0 Å². The second kappa shape index (κ2) is 5.33. The highest BCUT2D eigenvalue weighted by molar-refractivity contribution is 9.10. The van der Waals surface area contributed by atoms with Gasteiger partial charge in [-0.05, 0) is 51.3 Å². The lowest BCUT2D eigenvalue weighted by atomic mass is 10.0. The molecule has 1 atom stereocenters. The molecule has 0 radical (unpaired) electrons. The normalized spacial score (nSPS) is 12.9. The van der Waals surface area contributed by atoms with Crippen molar-refractivity contribution in [1.82, 2.24) is 15.1 Å². The zero-order valence-corrected chi connectivity index (χ0v) is 12.6. The zero-order chi connectivity index (χ0) is 12.4. The summed E-state index contributed by atoms with van der Waals surface area (Å²) in [6, 6.07) is 0.202. The summed E-state index contributed by atoms with van der Waals surface area (Å²) in [5.74, 6) is 0. The molecular formula is C12H16BrN3S. The molecule has 0 bridgehead atoms. The van der Waals surface area contributed by atoms with Crippen LogP contribution in [-0.2, 0) is 7.05 Å². The first-order valence-corrected chi connectivity index (χ1v) is 7.32. The molecule has 3 nitrogen and oxygen atoms in total. The Morgan fingerprint density at radius 1 is 1.53 bits per heavy atom. The van der Waals surface area contributed by atoms with Crippen LogP contribution in [0.2, 0.25) is 0 Å². The minimum atomic E-state index is 0.202. The summed E-state index contributed by atoms with van der Waals surface area (Å²) in [5.41, 5.74) is 3.84. The maximum absolute atomic E-state index is 4.29. The number of hydrogen-bond donors (Lipinski definition) is 1. The third kappa shape index (κ3) is 2.46. The molecule has 2 rings (SSSR count). The third-order valence-corrected chi connectivity index (χ3v) is 4.32. The van der Waals surface area contributed by atoms with Crippen molar-refractivity contribution in [2.75, 3.05) is 6.54 Å². The molecule has 0 aliphatic heterocycles. The third-order valence-electron chi connectivity index (χ3n) is 2.83. The molecule has 1 unspecified atom stereocenters. The Morgan fingerprint density at radius 2 is 2.29 bits per heavy atom. The van der Waals surface area contributed by atoms with Crippen molar-refractivity contribution >= 4 is 27.3 Å². The lowest BCUT2D eigenvalue weighted by molar-refractivity contribution is 0.570. The highest BCUT2D eigenvalue weighted by atomic mass is 79.9. The first kappa shape index (κ1) is 12.8. The van der Waals surface area contributed by atoms with Crippen molar-refractivity contribution in [2.45, 2.75) is 19.9 Å². The van der Waals surface area contributed by atoms with Gasteiger partial charge in [-0.2, -0.15) is 16.4 Å². The monoisotopic (exact) mass is 313 g/mol. The van der Waals surface area contributed by atoms with Gasteiger partial charge in [-0.25, -0.2) is 0 Å². The Morgan fingerprint density at radius 3 is 2.76 bits per heavy atom. The molecule has 1 N–H and O–H groups in total. The zero-order valence-electron chi connectivity index (χ0n) is 10.2. The molecule has 0 spiro atoms. The molecule has 0 fully saturated rings. The van der Waals surface area contributed by atoms with Gasteiger partial charge in [0.15, 0.2) is 0 Å². The lowest BCUT2D eigenvalue weighted by Crippen LogP contribution is -2.24. The van der Waals surface area contributed by atoms with E-state index in [0.29, 0.717) is 0 Å². The second-order valence-electron chi connectivity index (χ2n) is 4.00. The molecule has 92 valence electrons. The molecular weight excluding hydrogens is 298 g/mol. The van der Waals surface area contributed by atoms with Gasteiger partial charge < -0.3 is 5.32 Å². The van der Waals surface area contributed by atoms with Gasteiger partial charge in [-0.15, -0.1) is 0 Å². The van der Waals surface area contributed by atoms with Crippen LogP contribution in [0.15, 0.2) is 21.4 Å². The Labute approximate surface area is 114 Å². The van der Waals surface area contributed by atoms with Gasteiger partial charge in [0, 0.05) is 7.05 Å². The van der Waals surface area contributed by atoms with Crippen molar-refractivity contribution in [3.63, 3.8) is 0 Å². The number of nitrogens with zero attached hydrogens (tertiary/aromatic N) is 2. The van der Waals surface area contributed by atoms with Gasteiger partial charge in [-0.3, -0.25) is 4.68 Å². The van der Waals surface area contributed by atoms with Crippen molar-refractivity contribution in [1.29, 1.82) is 0 Å². The largest absolute Gasteiger partial charge is 0.305 e. The van der Waals surface area contributed by atoms with Gasteiger partial charge in [-0.1, -0.05) is 6.92 Å². The summed E-state index contributed by atoms with van der Waals surface area (Å²) in [7, 11) is 1.98. The van der Waals surface area contributed by atoms with E-state index in [1.54, 1.807) is 11.3 Å². The number of thiophene rings is 1. The molecule has 0 aliphatic carbocycles. The molecule has 0 saturated heterocycles. The standard InChI is InChI=1S/C12H16BrN3S/c1-4-14-11(9-7-17-6-8(9)2)12-10(13)5-15-16(12)3/h5-7,11,14H,4H2,1-3H3. The SMILES string of the molecule is CCNC(c1cscc1C)c1c(Br)cnn1C. The fraction of sp³-hybridized carbons (Fsp3) is 0.417. The predicted molar refractivity (Wildman–Crippen MR) is 75.5 cm³/mol. The van der Waals surface area contributed by atoms with E-state index in [1.807, 2.05) is 17.9 Å². The van der Waals surface area contributed by atoms with Gasteiger partial charge in [0.1, 0.15) is 0 Å². The number of halogens is 1. The quantitative estimate of drug-likeness (QED) is 0.939. The van der Waals surface area contributed by atoms with E-state index in [9.17, 15) is 0 Å². The Bertz CT molecular complexity index is 484. The summed E-state index contributed by atoms with van der Waals surface area (Å²) in [6.07, 6.45) is 1.85. The first-order chi connectivity index (χ1) is 8.15. The van der Waals surface area contributed by atoms with Crippen molar-refractivity contribution in [3.05, 3.63) is 38.3 Å². The molecule has 0 aliphatic rings. The van der Waals surface area contributed by atoms with Gasteiger partial charge in [0.2, 0.25) is 0 Å². The highest BCUT2D eigenvalue weighted by Gasteiger charge is 2.21. The molecule has 2 aromatic heterocycles. The van der Waals surface area contributed by atoms with Crippen molar-refractivity contribution in [3.8, 4) is 0 Å². The van der Waals surface area contributed by atoms with Gasteiger partial charge in [0.05, 0.1) is 22.4 Å². The van der Waals surface area contributed by atoms with Crippen LogP contribution >= 0.6 is 27.3 Å². The van der Waals surface area contributed by atoms with Crippen LogP contribution in [0, 0.1) is 6.92 Å². The summed E-state index contributed by atoms with van der Waals surface area (Å²) in [4.78, 5) is 0. The fourth-order valence-corrected chi connectivity index (χ4v) is 3.42. The minimum Gasteiger partial charge on any atom is -0.305 e. The fourth-order valence-electron chi connectivity index (χ4n) is 1.97. The molecule has 0 amide bonds. The molecule has 5 heteroatoms. The predicted octanol–water partition coefficient (Wildman–Crippen LogP) is 3.25. The maximum atomic E-state index is 4.29. The van der Waals surface area contributed by atoms with Crippen LogP contribution in [0.3, 0.4) is 0 Å². The van der Waals surface area contributed by atoms with E-state index >= 15 is 0 Å². The molecule has 0 aromatic carbocycles. The van der Waals surface area contributed by atoms with E-state index in [1.165, 1.54) is 16.8 Å². The summed E-state index contributed by atoms with van der Waals surface area (Å²) < 4.78 is 2.98. The smallest absolute Gasteiger partial charge is 0.0770 e. The van der Waals surface area contributed by atoms with E-state index in [4.69, 9.17) is 0 Å². The average Bonchev–Trinajstić information content (AvgIpc) is 2.84. The number of hydrogen-bond acceptors (Lipinski definition) is 3. The maximum Gasteiger partial charge on any atom is 0.0770 e. The minimum absolute atomic E-state index is 0.202. The highest BCUT2D eigenvalue weighted by Crippen LogP contribution is 2.31. The summed E-state index contributed by atoms with van der Waals surface area (Å²) >= 11 is 5.32. The van der Waals surface area contributed by atoms with Crippen LogP contribution in [0.4, 0.5) is 0 Å². The van der Waals surface area contributed by atoms with Crippen molar-refractivity contribution in [2.24, 2.45) is 7.05 Å². The Balaban J connectivity index is 2.46. The molecule has 17 heavy (non-hydrogen) atoms. The lowest BCUT2D eigenvalue weighted by Gasteiger charge is -2.19. The van der Waals surface area contributed by atoms with Crippen LogP contribution < -0.4 is 5.32 Å². The second-order valence-corrected chi connectivity index (χ2v) is 5.60. The average molecular weight is 314 g/mol. The van der Waals surface area contributed by atoms with Crippen LogP contribution in [0.1, 0.15) is 29.8 Å². The first-order valence-electron chi connectivity index (χ1n) is 5.58. The molecule has 2 aromatic rings. The molecule has 0 saturated carbocycles. The van der Waals surface area contributed by atoms with Gasteiger partial charge in [0.25, 0.3) is 0 Å². The number of aromatic nitrogens is 2. The summed E-state index contributed by atoms with van der Waals surface area (Å²) in [6.45, 7) is 5.21. The van der Waals surface area contributed by atoms with E-state index in [2.05, 4.69) is 51.0 Å². The van der Waals surface area contributed by atoms with E-state index in [0.717, 1.165) is 11.0 Å². The summed E-state index contributed by atoms with van der Waals surface area (Å²) in [5, 5.41) is 12.2. The van der Waals surface area contributed by atoms with Crippen LogP contribution in [-0.4, -0.2) is 16.3 Å². The number of aryl methyl sites for hydroxylation is 2.